The number of carbonyl (C=O) groups excluding carboxylic acids is 2. The van der Waals surface area contributed by atoms with Gasteiger partial charge in [0.1, 0.15) is 18.8 Å². The van der Waals surface area contributed by atoms with Gasteiger partial charge in [-0.2, -0.15) is 0 Å². The first-order valence-corrected chi connectivity index (χ1v) is 13.4. The second kappa shape index (κ2) is 24.0. The summed E-state index contributed by atoms with van der Waals surface area (Å²) in [5, 5.41) is 13.0. The minimum absolute atomic E-state index is 0.0253. The average molecular weight is 473 g/mol. The highest BCUT2D eigenvalue weighted by Gasteiger charge is 2.12. The van der Waals surface area contributed by atoms with Crippen molar-refractivity contribution in [2.24, 2.45) is 5.73 Å². The van der Waals surface area contributed by atoms with Gasteiger partial charge in [0.25, 0.3) is 0 Å². The number of methoxy groups -OCH3 is 1. The number of hydrogen-bond acceptors (Lipinski definition) is 7. The summed E-state index contributed by atoms with van der Waals surface area (Å²) in [5.41, 5.74) is 5.67. The second-order valence-electron chi connectivity index (χ2n) is 9.16. The van der Waals surface area contributed by atoms with Crippen LogP contribution in [0.4, 0.5) is 0 Å². The van der Waals surface area contributed by atoms with E-state index in [0.717, 1.165) is 25.7 Å². The average Bonchev–Trinajstić information content (AvgIpc) is 2.82. The molecule has 0 bridgehead atoms. The fourth-order valence-corrected chi connectivity index (χ4v) is 3.76. The first-order valence-electron chi connectivity index (χ1n) is 13.4. The molecule has 0 heterocycles. The van der Waals surface area contributed by atoms with E-state index >= 15 is 0 Å². The summed E-state index contributed by atoms with van der Waals surface area (Å²) in [6.45, 7) is 3.36. The van der Waals surface area contributed by atoms with Gasteiger partial charge in [-0.1, -0.05) is 90.4 Å². The van der Waals surface area contributed by atoms with E-state index in [2.05, 4.69) is 17.0 Å². The minimum Gasteiger partial charge on any atom is -0.468 e. The molecule has 0 aromatic carbocycles. The van der Waals surface area contributed by atoms with Crippen LogP contribution in [0, 0.1) is 0 Å². The van der Waals surface area contributed by atoms with Gasteiger partial charge in [0.15, 0.2) is 0 Å². The number of unbranched alkanes of at least 4 members (excludes halogenated alkanes) is 13. The van der Waals surface area contributed by atoms with Gasteiger partial charge in [-0.3, -0.25) is 9.59 Å². The van der Waals surface area contributed by atoms with Crippen LogP contribution >= 0.6 is 0 Å². The Labute approximate surface area is 202 Å². The van der Waals surface area contributed by atoms with Crippen LogP contribution in [0.15, 0.2) is 0 Å². The molecular formula is C26H52N2O5. The third-order valence-electron chi connectivity index (χ3n) is 5.92. The molecule has 0 saturated carbocycles. The lowest BCUT2D eigenvalue weighted by atomic mass is 10.0. The number of esters is 2. The molecule has 0 aliphatic heterocycles. The maximum absolute atomic E-state index is 11.8. The molecule has 0 fully saturated rings. The Hall–Kier alpha value is -1.18. The number of rotatable bonds is 24. The van der Waals surface area contributed by atoms with E-state index in [9.17, 15) is 14.7 Å². The molecule has 0 amide bonds. The lowest BCUT2D eigenvalue weighted by molar-refractivity contribution is -0.146. The molecule has 7 nitrogen and oxygen atoms in total. The number of aliphatic hydroxyl groups excluding tert-OH is 1. The summed E-state index contributed by atoms with van der Waals surface area (Å²) in [6, 6.07) is -0.574. The fraction of sp³-hybridized carbons (Fsp3) is 0.923. The minimum atomic E-state index is -0.710. The number of carbonyl (C=O) groups is 2. The van der Waals surface area contributed by atoms with Crippen molar-refractivity contribution in [3.05, 3.63) is 0 Å². The van der Waals surface area contributed by atoms with Crippen molar-refractivity contribution in [3.63, 3.8) is 0 Å². The van der Waals surface area contributed by atoms with Crippen LogP contribution in [0.3, 0.4) is 0 Å². The predicted molar refractivity (Wildman–Crippen MR) is 134 cm³/mol. The Bertz CT molecular complexity index is 462. The fourth-order valence-electron chi connectivity index (χ4n) is 3.76. The number of nitrogens with two attached hydrogens (primary N) is 1. The highest BCUT2D eigenvalue weighted by molar-refractivity contribution is 5.75. The third-order valence-corrected chi connectivity index (χ3v) is 5.92. The van der Waals surface area contributed by atoms with Gasteiger partial charge >= 0.3 is 11.9 Å². The van der Waals surface area contributed by atoms with Crippen LogP contribution in [0.5, 0.6) is 0 Å². The van der Waals surface area contributed by atoms with Gasteiger partial charge in [0.2, 0.25) is 0 Å². The van der Waals surface area contributed by atoms with E-state index in [-0.39, 0.29) is 18.5 Å². The predicted octanol–water partition coefficient (Wildman–Crippen LogP) is 4.63. The molecule has 33 heavy (non-hydrogen) atoms. The molecule has 0 aliphatic carbocycles. The number of ether oxygens (including phenoxy) is 2. The molecule has 0 spiro atoms. The smallest absolute Gasteiger partial charge is 0.322 e. The highest BCUT2D eigenvalue weighted by Crippen LogP contribution is 2.13. The van der Waals surface area contributed by atoms with E-state index in [4.69, 9.17) is 10.5 Å². The molecular weight excluding hydrogens is 420 g/mol. The van der Waals surface area contributed by atoms with Crippen LogP contribution in [0.2, 0.25) is 0 Å². The topological polar surface area (TPSA) is 111 Å². The number of aliphatic hydroxyl groups is 1. The van der Waals surface area contributed by atoms with Crippen LogP contribution in [0.25, 0.3) is 0 Å². The number of nitrogens with one attached hydrogen (secondary N) is 1. The van der Waals surface area contributed by atoms with Gasteiger partial charge in [-0.05, 0) is 25.8 Å². The molecule has 196 valence electrons. The zero-order valence-electron chi connectivity index (χ0n) is 21.5. The second-order valence-corrected chi connectivity index (χ2v) is 9.16. The van der Waals surface area contributed by atoms with Gasteiger partial charge in [-0.25, -0.2) is 0 Å². The summed E-state index contributed by atoms with van der Waals surface area (Å²) in [7, 11) is 1.33. The van der Waals surface area contributed by atoms with E-state index in [1.807, 2.05) is 0 Å². The van der Waals surface area contributed by atoms with E-state index in [0.29, 0.717) is 25.9 Å². The maximum Gasteiger partial charge on any atom is 0.322 e. The summed E-state index contributed by atoms with van der Waals surface area (Å²) in [4.78, 5) is 23.0. The van der Waals surface area contributed by atoms with Gasteiger partial charge in [-0.15, -0.1) is 0 Å². The van der Waals surface area contributed by atoms with Gasteiger partial charge in [0, 0.05) is 13.0 Å². The number of hydrogen-bond donors (Lipinski definition) is 3. The summed E-state index contributed by atoms with van der Waals surface area (Å²) >= 11 is 0. The standard InChI is InChI=1S/C26H52N2O5/c1-3-4-5-6-7-8-9-10-11-12-13-14-15-19-25(30)33-22-23(29)21-28-20-17-16-18-24(27)26(31)32-2/h23-24,28-29H,3-22,27H2,1-2H3. The summed E-state index contributed by atoms with van der Waals surface area (Å²) in [5.74, 6) is -0.618. The van der Waals surface area contributed by atoms with E-state index in [1.165, 1.54) is 77.7 Å². The third kappa shape index (κ3) is 22.4. The lowest BCUT2D eigenvalue weighted by Gasteiger charge is -2.13. The Morgan fingerprint density at radius 1 is 0.848 bits per heavy atom. The molecule has 2 unspecified atom stereocenters. The molecule has 0 rings (SSSR count). The molecule has 4 N–H and O–H groups in total. The van der Waals surface area contributed by atoms with Crippen molar-refractivity contribution in [1.82, 2.24) is 5.32 Å². The first kappa shape index (κ1) is 31.8. The summed E-state index contributed by atoms with van der Waals surface area (Å²) in [6.07, 6.45) is 18.5. The van der Waals surface area contributed by atoms with Crippen LogP contribution in [-0.2, 0) is 19.1 Å². The Morgan fingerprint density at radius 2 is 1.39 bits per heavy atom. The highest BCUT2D eigenvalue weighted by atomic mass is 16.5. The zero-order valence-corrected chi connectivity index (χ0v) is 21.5. The van der Waals surface area contributed by atoms with Gasteiger partial charge < -0.3 is 25.6 Å². The summed E-state index contributed by atoms with van der Waals surface area (Å²) < 4.78 is 9.75. The molecule has 0 aromatic rings. The molecule has 0 radical (unpaired) electrons. The van der Waals surface area contributed by atoms with Crippen LogP contribution in [0.1, 0.15) is 116 Å². The molecule has 7 heteroatoms. The van der Waals surface area contributed by atoms with E-state index in [1.54, 1.807) is 0 Å². The van der Waals surface area contributed by atoms with Gasteiger partial charge in [0.05, 0.1) is 7.11 Å². The van der Waals surface area contributed by atoms with Crippen molar-refractivity contribution in [1.29, 1.82) is 0 Å². The Balaban J connectivity index is 3.38. The normalized spacial score (nSPS) is 13.0. The van der Waals surface area contributed by atoms with Crippen LogP contribution < -0.4 is 11.1 Å². The Morgan fingerprint density at radius 3 is 1.94 bits per heavy atom. The van der Waals surface area contributed by atoms with Crippen molar-refractivity contribution in [3.8, 4) is 0 Å². The molecule has 0 aliphatic rings. The SMILES string of the molecule is CCCCCCCCCCCCCCCC(=O)OCC(O)CNCCCCC(N)C(=O)OC. The first-order chi connectivity index (χ1) is 16.0. The lowest BCUT2D eigenvalue weighted by Crippen LogP contribution is -2.33. The quantitative estimate of drug-likeness (QED) is 0.139. The van der Waals surface area contributed by atoms with Crippen molar-refractivity contribution < 1.29 is 24.2 Å². The van der Waals surface area contributed by atoms with Crippen molar-refractivity contribution in [2.45, 2.75) is 128 Å². The van der Waals surface area contributed by atoms with E-state index < -0.39 is 12.1 Å². The van der Waals surface area contributed by atoms with Crippen LogP contribution in [-0.4, -0.2) is 56.0 Å². The molecule has 0 aromatic heterocycles. The van der Waals surface area contributed by atoms with Crippen molar-refractivity contribution >= 4 is 11.9 Å². The molecule has 2 atom stereocenters. The zero-order chi connectivity index (χ0) is 24.6. The van der Waals surface area contributed by atoms with Crippen molar-refractivity contribution in [2.75, 3.05) is 26.8 Å². The monoisotopic (exact) mass is 472 g/mol. The maximum atomic E-state index is 11.8. The molecule has 0 saturated heterocycles. The largest absolute Gasteiger partial charge is 0.468 e. The Kier molecular flexibility index (Phi) is 23.1.